The van der Waals surface area contributed by atoms with Gasteiger partial charge in [-0.05, 0) is 79.7 Å². The number of allylic oxidation sites excluding steroid dienone is 5. The summed E-state index contributed by atoms with van der Waals surface area (Å²) in [6.07, 6.45) is 12.2. The maximum atomic E-state index is 3.90. The summed E-state index contributed by atoms with van der Waals surface area (Å²) in [6.45, 7) is 6.24. The van der Waals surface area contributed by atoms with Crippen LogP contribution >= 0.6 is 0 Å². The molecule has 1 atom stereocenters. The molecule has 0 aliphatic heterocycles. The third-order valence-corrected chi connectivity index (χ3v) is 8.19. The molecule has 0 saturated carbocycles. The monoisotopic (exact) mass is 552 g/mol. The molecule has 1 aliphatic rings. The van der Waals surface area contributed by atoms with Crippen LogP contribution in [0.5, 0.6) is 0 Å². The van der Waals surface area contributed by atoms with Gasteiger partial charge in [-0.2, -0.15) is 0 Å². The minimum absolute atomic E-state index is 0.421. The average molecular weight is 553 g/mol. The molecule has 0 bridgehead atoms. The predicted molar refractivity (Wildman–Crippen MR) is 186 cm³/mol. The molecular weight excluding hydrogens is 516 g/mol. The van der Waals surface area contributed by atoms with Crippen LogP contribution < -0.4 is 0 Å². The zero-order valence-corrected chi connectivity index (χ0v) is 24.7. The highest BCUT2D eigenvalue weighted by molar-refractivity contribution is 5.92. The quantitative estimate of drug-likeness (QED) is 0.168. The van der Waals surface area contributed by atoms with E-state index >= 15 is 0 Å². The summed E-state index contributed by atoms with van der Waals surface area (Å²) in [5, 5.41) is 0. The number of rotatable bonds is 8. The molecule has 1 unspecified atom stereocenters. The minimum atomic E-state index is 0.421. The molecule has 0 saturated heterocycles. The molecule has 5 aromatic carbocycles. The van der Waals surface area contributed by atoms with E-state index < -0.39 is 0 Å². The van der Waals surface area contributed by atoms with E-state index in [4.69, 9.17) is 0 Å². The van der Waals surface area contributed by atoms with E-state index in [0.717, 1.165) is 12.0 Å². The van der Waals surface area contributed by atoms with Crippen LogP contribution in [0.2, 0.25) is 0 Å². The topological polar surface area (TPSA) is 0 Å². The van der Waals surface area contributed by atoms with Crippen LogP contribution in [0.25, 0.3) is 28.9 Å². The van der Waals surface area contributed by atoms with Crippen LogP contribution in [-0.4, -0.2) is 0 Å². The third-order valence-electron chi connectivity index (χ3n) is 8.19. The Hall–Kier alpha value is -5.20. The average Bonchev–Trinajstić information content (AvgIpc) is 3.08. The van der Waals surface area contributed by atoms with Gasteiger partial charge in [-0.15, -0.1) is 0 Å². The van der Waals surface area contributed by atoms with Crippen molar-refractivity contribution < 1.29 is 0 Å². The van der Waals surface area contributed by atoms with Crippen LogP contribution in [0, 0.1) is 5.92 Å². The molecule has 0 N–H and O–H groups in total. The molecule has 6 rings (SSSR count). The van der Waals surface area contributed by atoms with E-state index in [9.17, 15) is 0 Å². The summed E-state index contributed by atoms with van der Waals surface area (Å²) < 4.78 is 0. The van der Waals surface area contributed by atoms with Gasteiger partial charge in [0.2, 0.25) is 0 Å². The highest BCUT2D eigenvalue weighted by Crippen LogP contribution is 2.35. The molecule has 0 heterocycles. The standard InChI is InChI=1S/C43H36/c1-3-33-19-25-39(26-20-33)42(36-13-7-4-8-14-36)30-34-21-23-35(24-22-34)41-28-27-40(32(2)29-41)31-43(37-15-9-5-10-16-37)38-17-11-6-12-18-38/h3-28,30-32H,1,29H2,2H3/b42-30+. The highest BCUT2D eigenvalue weighted by Gasteiger charge is 2.17. The summed E-state index contributed by atoms with van der Waals surface area (Å²) in [5.74, 6) is 0.421. The zero-order chi connectivity index (χ0) is 29.4. The maximum absolute atomic E-state index is 3.90. The summed E-state index contributed by atoms with van der Waals surface area (Å²) >= 11 is 0. The van der Waals surface area contributed by atoms with Gasteiger partial charge in [-0.3, -0.25) is 0 Å². The Labute approximate surface area is 256 Å². The van der Waals surface area contributed by atoms with Crippen molar-refractivity contribution >= 4 is 28.9 Å². The Morgan fingerprint density at radius 1 is 0.535 bits per heavy atom. The summed E-state index contributed by atoms with van der Waals surface area (Å²) in [7, 11) is 0. The van der Waals surface area contributed by atoms with Gasteiger partial charge >= 0.3 is 0 Å². The van der Waals surface area contributed by atoms with Gasteiger partial charge in [0.05, 0.1) is 0 Å². The van der Waals surface area contributed by atoms with Crippen molar-refractivity contribution in [3.63, 3.8) is 0 Å². The van der Waals surface area contributed by atoms with Gasteiger partial charge < -0.3 is 0 Å². The summed E-state index contributed by atoms with van der Waals surface area (Å²) in [5.41, 5.74) is 13.7. The van der Waals surface area contributed by atoms with Gasteiger partial charge in [0.1, 0.15) is 0 Å². The van der Waals surface area contributed by atoms with Crippen molar-refractivity contribution in [3.8, 4) is 0 Å². The summed E-state index contributed by atoms with van der Waals surface area (Å²) in [4.78, 5) is 0. The Morgan fingerprint density at radius 2 is 1.00 bits per heavy atom. The Bertz CT molecular complexity index is 1750. The first-order valence-electron chi connectivity index (χ1n) is 15.0. The molecular formula is C43H36. The first-order valence-corrected chi connectivity index (χ1v) is 15.0. The Balaban J connectivity index is 1.29. The van der Waals surface area contributed by atoms with Gasteiger partial charge in [0, 0.05) is 0 Å². The van der Waals surface area contributed by atoms with E-state index in [-0.39, 0.29) is 0 Å². The first kappa shape index (κ1) is 27.9. The lowest BCUT2D eigenvalue weighted by Gasteiger charge is -2.21. The molecule has 0 spiro atoms. The second-order valence-corrected chi connectivity index (χ2v) is 11.1. The lowest BCUT2D eigenvalue weighted by atomic mass is 9.83. The molecule has 208 valence electrons. The van der Waals surface area contributed by atoms with Crippen LogP contribution in [0.15, 0.2) is 170 Å². The molecule has 1 aliphatic carbocycles. The molecule has 0 nitrogen and oxygen atoms in total. The van der Waals surface area contributed by atoms with Gasteiger partial charge in [0.15, 0.2) is 0 Å². The van der Waals surface area contributed by atoms with E-state index in [1.807, 2.05) is 6.08 Å². The van der Waals surface area contributed by atoms with Crippen molar-refractivity contribution in [2.24, 2.45) is 5.92 Å². The van der Waals surface area contributed by atoms with Gasteiger partial charge in [-0.25, -0.2) is 0 Å². The van der Waals surface area contributed by atoms with Crippen molar-refractivity contribution in [3.05, 3.63) is 209 Å². The first-order chi connectivity index (χ1) is 21.2. The predicted octanol–water partition coefficient (Wildman–Crippen LogP) is 11.4. The zero-order valence-electron chi connectivity index (χ0n) is 24.7. The van der Waals surface area contributed by atoms with Crippen LogP contribution in [0.1, 0.15) is 52.3 Å². The van der Waals surface area contributed by atoms with Crippen molar-refractivity contribution in [1.82, 2.24) is 0 Å². The van der Waals surface area contributed by atoms with Crippen LogP contribution in [0.3, 0.4) is 0 Å². The van der Waals surface area contributed by atoms with Crippen LogP contribution in [-0.2, 0) is 0 Å². The second kappa shape index (κ2) is 13.2. The lowest BCUT2D eigenvalue weighted by Crippen LogP contribution is -2.04. The van der Waals surface area contributed by atoms with E-state index in [2.05, 4.69) is 177 Å². The smallest absolute Gasteiger partial charge is 0.0105 e. The van der Waals surface area contributed by atoms with E-state index in [1.165, 1.54) is 55.7 Å². The lowest BCUT2D eigenvalue weighted by molar-refractivity contribution is 0.716. The summed E-state index contributed by atoms with van der Waals surface area (Å²) in [6, 6.07) is 49.6. The molecule has 0 amide bonds. The minimum Gasteiger partial charge on any atom is -0.0985 e. The van der Waals surface area contributed by atoms with Crippen molar-refractivity contribution in [1.29, 1.82) is 0 Å². The molecule has 0 fully saturated rings. The number of hydrogen-bond acceptors (Lipinski definition) is 0. The molecule has 0 aromatic heterocycles. The van der Waals surface area contributed by atoms with Crippen molar-refractivity contribution in [2.45, 2.75) is 13.3 Å². The largest absolute Gasteiger partial charge is 0.0985 e. The molecule has 5 aromatic rings. The Kier molecular flexibility index (Phi) is 8.57. The van der Waals surface area contributed by atoms with Gasteiger partial charge in [0.25, 0.3) is 0 Å². The molecule has 0 radical (unpaired) electrons. The van der Waals surface area contributed by atoms with Crippen molar-refractivity contribution in [2.75, 3.05) is 0 Å². The normalized spacial score (nSPS) is 14.8. The van der Waals surface area contributed by atoms with Gasteiger partial charge in [-0.1, -0.05) is 177 Å². The van der Waals surface area contributed by atoms with E-state index in [1.54, 1.807) is 0 Å². The Morgan fingerprint density at radius 3 is 1.49 bits per heavy atom. The third kappa shape index (κ3) is 6.66. The fraction of sp³-hybridized carbons (Fsp3) is 0.0698. The SMILES string of the molecule is C=Cc1ccc(/C(=C/c2ccc(C3=CC=C(C=C(c4ccccc4)c4ccccc4)C(C)C3)cc2)c2ccccc2)cc1. The molecule has 0 heteroatoms. The maximum Gasteiger partial charge on any atom is -0.0105 e. The highest BCUT2D eigenvalue weighted by atomic mass is 14.2. The number of hydrogen-bond donors (Lipinski definition) is 0. The molecule has 43 heavy (non-hydrogen) atoms. The fourth-order valence-electron chi connectivity index (χ4n) is 5.73. The second-order valence-electron chi connectivity index (χ2n) is 11.1. The van der Waals surface area contributed by atoms with E-state index in [0.29, 0.717) is 5.92 Å². The van der Waals surface area contributed by atoms with Crippen LogP contribution in [0.4, 0.5) is 0 Å². The number of benzene rings is 5. The fourth-order valence-corrected chi connectivity index (χ4v) is 5.73.